The molecular formula is C15H23NO3. The lowest BCUT2D eigenvalue weighted by Crippen LogP contribution is -2.29. The van der Waals surface area contributed by atoms with Crippen LogP contribution in [0, 0.1) is 0 Å². The second-order valence-corrected chi connectivity index (χ2v) is 4.45. The number of unbranched alkanes of at least 4 members (excludes halogenated alkanes) is 1. The molecule has 1 unspecified atom stereocenters. The summed E-state index contributed by atoms with van der Waals surface area (Å²) in [5, 5.41) is 12.7. The molecule has 4 nitrogen and oxygen atoms in total. The Kier molecular flexibility index (Phi) is 6.97. The monoisotopic (exact) mass is 265 g/mol. The minimum atomic E-state index is -0.556. The molecule has 19 heavy (non-hydrogen) atoms. The van der Waals surface area contributed by atoms with Crippen LogP contribution in [-0.2, 0) is 4.79 Å². The Labute approximate surface area is 114 Å². The summed E-state index contributed by atoms with van der Waals surface area (Å²) in [6.07, 6.45) is 2.08. The predicted octanol–water partition coefficient (Wildman–Crippen LogP) is 2.43. The number of aliphatic hydroxyl groups excluding tert-OH is 1. The zero-order chi connectivity index (χ0) is 14.1. The van der Waals surface area contributed by atoms with Crippen LogP contribution in [-0.4, -0.2) is 24.2 Å². The molecule has 4 heteroatoms. The molecule has 2 N–H and O–H groups in total. The lowest BCUT2D eigenvalue weighted by Gasteiger charge is -2.14. The first-order valence-electron chi connectivity index (χ1n) is 6.85. The molecule has 1 atom stereocenters. The van der Waals surface area contributed by atoms with Gasteiger partial charge >= 0.3 is 0 Å². The van der Waals surface area contributed by atoms with E-state index in [2.05, 4.69) is 12.2 Å². The molecule has 0 spiro atoms. The molecule has 0 heterocycles. The number of aliphatic hydroxyl groups is 1. The molecule has 0 aliphatic rings. The van der Waals surface area contributed by atoms with Gasteiger partial charge in [-0.1, -0.05) is 38.5 Å². The number of nitrogens with one attached hydrogen (secondary N) is 1. The number of benzene rings is 1. The SMILES string of the molecule is CCCCNC(=O)COc1ccccc1C(O)CC. The second kappa shape index (κ2) is 8.53. The third-order valence-electron chi connectivity index (χ3n) is 2.88. The van der Waals surface area contributed by atoms with Gasteiger partial charge in [0, 0.05) is 12.1 Å². The smallest absolute Gasteiger partial charge is 0.257 e. The van der Waals surface area contributed by atoms with Gasteiger partial charge in [-0.25, -0.2) is 0 Å². The number of hydrogen-bond acceptors (Lipinski definition) is 3. The number of hydrogen-bond donors (Lipinski definition) is 2. The number of para-hydroxylation sites is 1. The minimum absolute atomic E-state index is 0.0167. The number of amides is 1. The Morgan fingerprint density at radius 1 is 1.37 bits per heavy atom. The normalized spacial score (nSPS) is 11.9. The molecule has 0 radical (unpaired) electrons. The van der Waals surface area contributed by atoms with Gasteiger partial charge in [0.1, 0.15) is 5.75 Å². The van der Waals surface area contributed by atoms with Crippen molar-refractivity contribution in [2.45, 2.75) is 39.2 Å². The minimum Gasteiger partial charge on any atom is -0.483 e. The summed E-state index contributed by atoms with van der Waals surface area (Å²) < 4.78 is 5.48. The second-order valence-electron chi connectivity index (χ2n) is 4.45. The van der Waals surface area contributed by atoms with E-state index in [9.17, 15) is 9.90 Å². The van der Waals surface area contributed by atoms with Gasteiger partial charge in [-0.15, -0.1) is 0 Å². The standard InChI is InChI=1S/C15H23NO3/c1-3-5-10-16-15(18)11-19-14-9-7-6-8-12(14)13(17)4-2/h6-9,13,17H,3-5,10-11H2,1-2H3,(H,16,18). The first kappa shape index (κ1) is 15.5. The summed E-state index contributed by atoms with van der Waals surface area (Å²) in [5.41, 5.74) is 0.728. The number of carbonyl (C=O) groups excluding carboxylic acids is 1. The van der Waals surface area contributed by atoms with Crippen molar-refractivity contribution < 1.29 is 14.6 Å². The van der Waals surface area contributed by atoms with Crippen molar-refractivity contribution in [2.24, 2.45) is 0 Å². The van der Waals surface area contributed by atoms with Crippen molar-refractivity contribution in [3.8, 4) is 5.75 Å². The van der Waals surface area contributed by atoms with Gasteiger partial charge in [0.15, 0.2) is 6.61 Å². The summed E-state index contributed by atoms with van der Waals surface area (Å²) in [5.74, 6) is 0.441. The van der Waals surface area contributed by atoms with Crippen LogP contribution in [0.15, 0.2) is 24.3 Å². The van der Waals surface area contributed by atoms with E-state index in [1.807, 2.05) is 25.1 Å². The van der Waals surface area contributed by atoms with E-state index >= 15 is 0 Å². The Balaban J connectivity index is 2.50. The molecule has 0 fully saturated rings. The van der Waals surface area contributed by atoms with Crippen molar-refractivity contribution in [3.63, 3.8) is 0 Å². The van der Waals surface area contributed by atoms with E-state index in [1.165, 1.54) is 0 Å². The van der Waals surface area contributed by atoms with Crippen molar-refractivity contribution in [3.05, 3.63) is 29.8 Å². The zero-order valence-electron chi connectivity index (χ0n) is 11.7. The molecule has 0 bridgehead atoms. The van der Waals surface area contributed by atoms with Gasteiger partial charge in [-0.05, 0) is 18.9 Å². The van der Waals surface area contributed by atoms with Crippen molar-refractivity contribution >= 4 is 5.91 Å². The van der Waals surface area contributed by atoms with Crippen molar-refractivity contribution in [1.29, 1.82) is 0 Å². The van der Waals surface area contributed by atoms with Crippen LogP contribution in [0.3, 0.4) is 0 Å². The van der Waals surface area contributed by atoms with Crippen LogP contribution in [0.4, 0.5) is 0 Å². The molecule has 0 saturated heterocycles. The molecule has 106 valence electrons. The summed E-state index contributed by atoms with van der Waals surface area (Å²) in [6, 6.07) is 7.27. The van der Waals surface area contributed by atoms with Gasteiger partial charge in [0.25, 0.3) is 5.91 Å². The molecule has 0 aliphatic heterocycles. The maximum atomic E-state index is 11.5. The van der Waals surface area contributed by atoms with E-state index in [-0.39, 0.29) is 12.5 Å². The van der Waals surface area contributed by atoms with Crippen LogP contribution in [0.1, 0.15) is 44.8 Å². The van der Waals surface area contributed by atoms with E-state index in [1.54, 1.807) is 6.07 Å². The molecule has 1 aromatic carbocycles. The van der Waals surface area contributed by atoms with E-state index < -0.39 is 6.10 Å². The highest BCUT2D eigenvalue weighted by Gasteiger charge is 2.12. The third kappa shape index (κ3) is 5.30. The summed E-state index contributed by atoms with van der Waals surface area (Å²) in [6.45, 7) is 4.64. The third-order valence-corrected chi connectivity index (χ3v) is 2.88. The maximum absolute atomic E-state index is 11.5. The molecule has 0 saturated carbocycles. The lowest BCUT2D eigenvalue weighted by atomic mass is 10.1. The molecule has 0 aromatic heterocycles. The van der Waals surface area contributed by atoms with Crippen molar-refractivity contribution in [2.75, 3.05) is 13.2 Å². The topological polar surface area (TPSA) is 58.6 Å². The van der Waals surface area contributed by atoms with Gasteiger partial charge in [-0.3, -0.25) is 4.79 Å². The van der Waals surface area contributed by atoms with Crippen molar-refractivity contribution in [1.82, 2.24) is 5.32 Å². The van der Waals surface area contributed by atoms with E-state index in [0.29, 0.717) is 18.7 Å². The Morgan fingerprint density at radius 2 is 2.11 bits per heavy atom. The summed E-state index contributed by atoms with van der Waals surface area (Å²) >= 11 is 0. The van der Waals surface area contributed by atoms with Gasteiger partial charge in [0.05, 0.1) is 6.10 Å². The molecule has 1 amide bonds. The van der Waals surface area contributed by atoms with Crippen LogP contribution >= 0.6 is 0 Å². The first-order chi connectivity index (χ1) is 9.19. The quantitative estimate of drug-likeness (QED) is 0.710. The van der Waals surface area contributed by atoms with Gasteiger partial charge in [0.2, 0.25) is 0 Å². The zero-order valence-corrected chi connectivity index (χ0v) is 11.7. The van der Waals surface area contributed by atoms with E-state index in [0.717, 1.165) is 18.4 Å². The molecular weight excluding hydrogens is 242 g/mol. The average Bonchev–Trinajstić information content (AvgIpc) is 2.45. The fraction of sp³-hybridized carbons (Fsp3) is 0.533. The number of carbonyl (C=O) groups is 1. The summed E-state index contributed by atoms with van der Waals surface area (Å²) in [7, 11) is 0. The predicted molar refractivity (Wildman–Crippen MR) is 75.1 cm³/mol. The molecule has 1 rings (SSSR count). The highest BCUT2D eigenvalue weighted by molar-refractivity contribution is 5.77. The number of ether oxygens (including phenoxy) is 1. The highest BCUT2D eigenvalue weighted by atomic mass is 16.5. The van der Waals surface area contributed by atoms with Crippen LogP contribution in [0.2, 0.25) is 0 Å². The van der Waals surface area contributed by atoms with Gasteiger partial charge in [-0.2, -0.15) is 0 Å². The highest BCUT2D eigenvalue weighted by Crippen LogP contribution is 2.26. The Morgan fingerprint density at radius 3 is 2.79 bits per heavy atom. The first-order valence-corrected chi connectivity index (χ1v) is 6.85. The Hall–Kier alpha value is -1.55. The average molecular weight is 265 g/mol. The molecule has 0 aliphatic carbocycles. The van der Waals surface area contributed by atoms with Gasteiger partial charge < -0.3 is 15.2 Å². The lowest BCUT2D eigenvalue weighted by molar-refractivity contribution is -0.123. The number of rotatable bonds is 8. The maximum Gasteiger partial charge on any atom is 0.257 e. The molecule has 1 aromatic rings. The fourth-order valence-corrected chi connectivity index (χ4v) is 1.71. The van der Waals surface area contributed by atoms with Crippen LogP contribution in [0.5, 0.6) is 5.75 Å². The van der Waals surface area contributed by atoms with Crippen LogP contribution in [0.25, 0.3) is 0 Å². The summed E-state index contributed by atoms with van der Waals surface area (Å²) in [4.78, 5) is 11.5. The largest absolute Gasteiger partial charge is 0.483 e. The fourth-order valence-electron chi connectivity index (χ4n) is 1.71. The van der Waals surface area contributed by atoms with E-state index in [4.69, 9.17) is 4.74 Å². The van der Waals surface area contributed by atoms with Crippen LogP contribution < -0.4 is 10.1 Å². The Bertz CT molecular complexity index is 393.